The van der Waals surface area contributed by atoms with E-state index >= 15 is 0 Å². The molecule has 10 heteroatoms. The van der Waals surface area contributed by atoms with Crippen LogP contribution in [-0.2, 0) is 11.4 Å². The summed E-state index contributed by atoms with van der Waals surface area (Å²) >= 11 is -2.65. The van der Waals surface area contributed by atoms with Gasteiger partial charge in [-0.3, -0.25) is 14.7 Å². The minimum Gasteiger partial charge on any atom is -0.395 e. The summed E-state index contributed by atoms with van der Waals surface area (Å²) in [6.45, 7) is -0.184. The Morgan fingerprint density at radius 3 is 2.35 bits per heavy atom. The molecule has 0 aliphatic rings. The molecule has 0 amide bonds. The Balaban J connectivity index is 3.20. The maximum atomic E-state index is 10.7. The van der Waals surface area contributed by atoms with Crippen molar-refractivity contribution in [3.8, 4) is 5.75 Å². The van der Waals surface area contributed by atoms with Crippen LogP contribution in [0, 0.1) is 10.1 Å². The second-order valence-electron chi connectivity index (χ2n) is 3.64. The highest BCUT2D eigenvalue weighted by atomic mass is 32.2. The Bertz CT molecular complexity index is 490. The van der Waals surface area contributed by atoms with Gasteiger partial charge in [-0.15, -0.1) is 0 Å². The Labute approximate surface area is 117 Å². The van der Waals surface area contributed by atoms with E-state index in [0.717, 1.165) is 6.07 Å². The second kappa shape index (κ2) is 7.75. The number of rotatable bonds is 8. The fourth-order valence-corrected chi connectivity index (χ4v) is 1.90. The average Bonchev–Trinajstić information content (AvgIpc) is 2.37. The lowest BCUT2D eigenvalue weighted by Gasteiger charge is -2.24. The first-order valence-corrected chi connectivity index (χ1v) is 6.57. The number of nitro benzene ring substituents is 1. The predicted octanol–water partition coefficient (Wildman–Crippen LogP) is -0.0987. The fraction of sp³-hybridized carbons (Fsp3) is 0.400. The lowest BCUT2D eigenvalue weighted by atomic mass is 10.2. The molecule has 0 saturated heterocycles. The maximum Gasteiger partial charge on any atom is 0.357 e. The normalized spacial score (nSPS) is 11.9. The lowest BCUT2D eigenvalue weighted by molar-refractivity contribution is -0.384. The Morgan fingerprint density at radius 2 is 1.90 bits per heavy atom. The molecule has 3 N–H and O–H groups in total. The van der Waals surface area contributed by atoms with Crippen molar-refractivity contribution in [2.75, 3.05) is 31.2 Å². The van der Waals surface area contributed by atoms with Gasteiger partial charge in [0, 0.05) is 19.2 Å². The van der Waals surface area contributed by atoms with E-state index in [2.05, 4.69) is 4.18 Å². The van der Waals surface area contributed by atoms with Crippen LogP contribution < -0.4 is 9.08 Å². The van der Waals surface area contributed by atoms with Crippen molar-refractivity contribution in [1.29, 1.82) is 0 Å². The first kappa shape index (κ1) is 16.3. The highest BCUT2D eigenvalue weighted by Crippen LogP contribution is 2.32. The summed E-state index contributed by atoms with van der Waals surface area (Å²) in [5.74, 6) is -0.179. The number of benzene rings is 1. The number of hydrogen-bond donors (Lipinski definition) is 3. The van der Waals surface area contributed by atoms with Crippen LogP contribution in [0.3, 0.4) is 0 Å². The minimum absolute atomic E-state index is 0.132. The van der Waals surface area contributed by atoms with Crippen molar-refractivity contribution in [2.24, 2.45) is 0 Å². The third-order valence-corrected chi connectivity index (χ3v) is 2.72. The van der Waals surface area contributed by atoms with Crippen LogP contribution in [-0.4, -0.2) is 50.2 Å². The zero-order valence-corrected chi connectivity index (χ0v) is 11.2. The van der Waals surface area contributed by atoms with Gasteiger partial charge < -0.3 is 19.3 Å². The molecule has 0 fully saturated rings. The molecule has 0 aliphatic heterocycles. The molecule has 112 valence electrons. The van der Waals surface area contributed by atoms with Gasteiger partial charge >= 0.3 is 11.4 Å². The number of nitro groups is 1. The van der Waals surface area contributed by atoms with E-state index < -0.39 is 16.3 Å². The van der Waals surface area contributed by atoms with Crippen molar-refractivity contribution in [2.45, 2.75) is 0 Å². The van der Waals surface area contributed by atoms with Crippen molar-refractivity contribution < 1.29 is 28.1 Å². The molecule has 0 aromatic heterocycles. The minimum atomic E-state index is -2.65. The van der Waals surface area contributed by atoms with Crippen LogP contribution in [0.4, 0.5) is 11.4 Å². The number of anilines is 1. The number of aliphatic hydroxyl groups excluding tert-OH is 2. The first-order valence-electron chi connectivity index (χ1n) is 5.54. The zero-order valence-electron chi connectivity index (χ0n) is 10.3. The monoisotopic (exact) mass is 306 g/mol. The summed E-state index contributed by atoms with van der Waals surface area (Å²) in [4.78, 5) is 11.5. The summed E-state index contributed by atoms with van der Waals surface area (Å²) in [6.07, 6.45) is 0. The topological polar surface area (TPSA) is 133 Å². The van der Waals surface area contributed by atoms with Crippen LogP contribution in [0.2, 0.25) is 0 Å². The summed E-state index contributed by atoms with van der Waals surface area (Å²) < 4.78 is 24.1. The predicted molar refractivity (Wildman–Crippen MR) is 70.9 cm³/mol. The number of hydrogen-bond acceptors (Lipinski definition) is 7. The van der Waals surface area contributed by atoms with E-state index in [1.807, 2.05) is 0 Å². The third-order valence-electron chi connectivity index (χ3n) is 2.40. The molecule has 0 spiro atoms. The summed E-state index contributed by atoms with van der Waals surface area (Å²) in [7, 11) is 0. The Morgan fingerprint density at radius 1 is 1.30 bits per heavy atom. The van der Waals surface area contributed by atoms with Crippen LogP contribution in [0.5, 0.6) is 5.75 Å². The van der Waals surface area contributed by atoms with Crippen LogP contribution in [0.1, 0.15) is 0 Å². The molecule has 0 radical (unpaired) electrons. The molecular formula is C10H14N2O7S. The van der Waals surface area contributed by atoms with E-state index in [4.69, 9.17) is 14.8 Å². The van der Waals surface area contributed by atoms with Gasteiger partial charge in [0.15, 0.2) is 5.75 Å². The maximum absolute atomic E-state index is 10.7. The molecule has 1 atom stereocenters. The van der Waals surface area contributed by atoms with Crippen molar-refractivity contribution in [3.05, 3.63) is 28.3 Å². The van der Waals surface area contributed by atoms with Gasteiger partial charge in [-0.1, -0.05) is 0 Å². The number of non-ortho nitro benzene ring substituents is 1. The lowest BCUT2D eigenvalue weighted by Crippen LogP contribution is -2.30. The Hall–Kier alpha value is -1.75. The molecule has 1 unspecified atom stereocenters. The standard InChI is InChI=1S/C10H14N2O7S/c13-5-3-11(4-6-14)9-2-1-8(12(15)16)7-10(9)19-20(17)18/h1-2,7,13-14H,3-6H2,(H,17,18). The Kier molecular flexibility index (Phi) is 6.31. The molecule has 0 heterocycles. The molecule has 20 heavy (non-hydrogen) atoms. The van der Waals surface area contributed by atoms with Crippen LogP contribution in [0.25, 0.3) is 0 Å². The molecule has 1 aromatic rings. The van der Waals surface area contributed by atoms with Gasteiger partial charge in [0.2, 0.25) is 0 Å². The number of nitrogens with zero attached hydrogens (tertiary/aromatic N) is 2. The van der Waals surface area contributed by atoms with E-state index in [1.54, 1.807) is 0 Å². The van der Waals surface area contributed by atoms with E-state index in [1.165, 1.54) is 17.0 Å². The van der Waals surface area contributed by atoms with Crippen molar-refractivity contribution >= 4 is 22.7 Å². The quantitative estimate of drug-likeness (QED) is 0.344. The van der Waals surface area contributed by atoms with Gasteiger partial charge in [0.05, 0.1) is 29.9 Å². The van der Waals surface area contributed by atoms with E-state index in [-0.39, 0.29) is 43.4 Å². The van der Waals surface area contributed by atoms with Crippen LogP contribution in [0.15, 0.2) is 18.2 Å². The fourth-order valence-electron chi connectivity index (χ4n) is 1.62. The van der Waals surface area contributed by atoms with Crippen molar-refractivity contribution in [3.63, 3.8) is 0 Å². The summed E-state index contributed by atoms with van der Waals surface area (Å²) in [5.41, 5.74) is -0.0387. The molecule has 9 nitrogen and oxygen atoms in total. The first-order chi connectivity index (χ1) is 9.49. The molecule has 0 bridgehead atoms. The average molecular weight is 306 g/mol. The number of aliphatic hydroxyl groups is 2. The molecular weight excluding hydrogens is 292 g/mol. The smallest absolute Gasteiger partial charge is 0.357 e. The SMILES string of the molecule is O=[N+]([O-])c1ccc(N(CCO)CCO)c(OS(=O)O)c1. The zero-order chi connectivity index (χ0) is 15.1. The van der Waals surface area contributed by atoms with E-state index in [0.29, 0.717) is 0 Å². The summed E-state index contributed by atoms with van der Waals surface area (Å²) in [5, 5.41) is 28.6. The van der Waals surface area contributed by atoms with Crippen molar-refractivity contribution in [1.82, 2.24) is 0 Å². The van der Waals surface area contributed by atoms with Gasteiger partial charge in [0.25, 0.3) is 5.69 Å². The van der Waals surface area contributed by atoms with E-state index in [9.17, 15) is 14.3 Å². The molecule has 0 aliphatic carbocycles. The largest absolute Gasteiger partial charge is 0.395 e. The van der Waals surface area contributed by atoms with Gasteiger partial charge in [-0.25, -0.2) is 0 Å². The van der Waals surface area contributed by atoms with Gasteiger partial charge in [0.1, 0.15) is 0 Å². The highest BCUT2D eigenvalue weighted by Gasteiger charge is 2.18. The van der Waals surface area contributed by atoms with Crippen LogP contribution >= 0.6 is 0 Å². The molecule has 0 saturated carbocycles. The third kappa shape index (κ3) is 4.42. The van der Waals surface area contributed by atoms with Gasteiger partial charge in [-0.2, -0.15) is 4.21 Å². The summed E-state index contributed by atoms with van der Waals surface area (Å²) in [6, 6.07) is 3.53. The second-order valence-corrected chi connectivity index (χ2v) is 4.24. The molecule has 1 aromatic carbocycles. The van der Waals surface area contributed by atoms with Gasteiger partial charge in [-0.05, 0) is 6.07 Å². The molecule has 1 rings (SSSR count). The highest BCUT2D eigenvalue weighted by molar-refractivity contribution is 7.74.